The summed E-state index contributed by atoms with van der Waals surface area (Å²) in [5.41, 5.74) is 1.35. The number of alkyl halides is 1. The molecule has 3 nitrogen and oxygen atoms in total. The number of aromatic nitrogens is 1. The fraction of sp³-hybridized carbons (Fsp3) is 0.333. The third kappa shape index (κ3) is 2.96. The summed E-state index contributed by atoms with van der Waals surface area (Å²) in [5, 5.41) is 2.73. The summed E-state index contributed by atoms with van der Waals surface area (Å²) < 4.78 is 0.711. The van der Waals surface area contributed by atoms with Gasteiger partial charge in [-0.05, 0) is 28.1 Å². The molecule has 0 spiro atoms. The lowest BCUT2D eigenvalue weighted by Gasteiger charge is -2.07. The summed E-state index contributed by atoms with van der Waals surface area (Å²) in [5.74, 6) is 0.235. The highest BCUT2D eigenvalue weighted by Crippen LogP contribution is 2.18. The second-order valence-corrected chi connectivity index (χ2v) is 3.74. The van der Waals surface area contributed by atoms with E-state index in [1.165, 1.54) is 0 Å². The van der Waals surface area contributed by atoms with Gasteiger partial charge in [-0.3, -0.25) is 4.79 Å². The van der Waals surface area contributed by atoms with E-state index in [0.717, 1.165) is 0 Å². The maximum Gasteiger partial charge on any atom is 0.224 e. The molecule has 0 aliphatic rings. The minimum atomic E-state index is -0.0412. The van der Waals surface area contributed by atoms with E-state index in [1.54, 1.807) is 19.1 Å². The summed E-state index contributed by atoms with van der Waals surface area (Å²) in [7, 11) is 0. The Labute approximate surface area is 96.0 Å². The smallest absolute Gasteiger partial charge is 0.224 e. The lowest BCUT2D eigenvalue weighted by atomic mass is 10.3. The molecule has 1 heterocycles. The normalized spacial score (nSPS) is 9.93. The van der Waals surface area contributed by atoms with Crippen molar-refractivity contribution in [2.45, 2.75) is 19.2 Å². The molecular formula is C9H10BrClN2O. The minimum Gasteiger partial charge on any atom is -0.324 e. The number of rotatable bonds is 3. The van der Waals surface area contributed by atoms with Crippen molar-refractivity contribution in [3.8, 4) is 0 Å². The van der Waals surface area contributed by atoms with Crippen LogP contribution < -0.4 is 5.32 Å². The van der Waals surface area contributed by atoms with Crippen LogP contribution in [0.15, 0.2) is 16.7 Å². The highest BCUT2D eigenvalue weighted by Gasteiger charge is 2.06. The van der Waals surface area contributed by atoms with Gasteiger partial charge in [0.1, 0.15) is 4.60 Å². The summed E-state index contributed by atoms with van der Waals surface area (Å²) in [4.78, 5) is 15.3. The Morgan fingerprint density at radius 3 is 2.93 bits per heavy atom. The van der Waals surface area contributed by atoms with Crippen LogP contribution in [0, 0.1) is 0 Å². The number of nitrogens with one attached hydrogen (secondary N) is 1. The van der Waals surface area contributed by atoms with Crippen molar-refractivity contribution in [2.24, 2.45) is 0 Å². The van der Waals surface area contributed by atoms with E-state index < -0.39 is 0 Å². The van der Waals surface area contributed by atoms with Crippen molar-refractivity contribution >= 4 is 39.1 Å². The Bertz CT molecular complexity index is 344. The number of amides is 1. The lowest BCUT2D eigenvalue weighted by Crippen LogP contribution is -2.11. The molecule has 1 aromatic heterocycles. The molecule has 0 atom stereocenters. The molecule has 0 bridgehead atoms. The molecule has 1 amide bonds. The maximum atomic E-state index is 11.1. The predicted molar refractivity (Wildman–Crippen MR) is 60.4 cm³/mol. The van der Waals surface area contributed by atoms with Gasteiger partial charge >= 0.3 is 0 Å². The van der Waals surface area contributed by atoms with Crippen molar-refractivity contribution < 1.29 is 4.79 Å². The molecule has 14 heavy (non-hydrogen) atoms. The van der Waals surface area contributed by atoms with E-state index in [2.05, 4.69) is 26.2 Å². The van der Waals surface area contributed by atoms with Gasteiger partial charge in [0, 0.05) is 6.42 Å². The minimum absolute atomic E-state index is 0.0412. The number of carbonyl (C=O) groups is 1. The molecule has 0 aromatic carbocycles. The van der Waals surface area contributed by atoms with Gasteiger partial charge in [0.2, 0.25) is 5.91 Å². The van der Waals surface area contributed by atoms with Crippen LogP contribution >= 0.6 is 27.5 Å². The molecule has 5 heteroatoms. The molecule has 1 rings (SSSR count). The second-order valence-electron chi connectivity index (χ2n) is 2.66. The van der Waals surface area contributed by atoms with Crippen LogP contribution in [-0.4, -0.2) is 10.9 Å². The van der Waals surface area contributed by atoms with Crippen molar-refractivity contribution in [3.05, 3.63) is 22.4 Å². The Morgan fingerprint density at radius 2 is 2.36 bits per heavy atom. The summed E-state index contributed by atoms with van der Waals surface area (Å²) in [6, 6.07) is 3.55. The van der Waals surface area contributed by atoms with Crippen molar-refractivity contribution in [2.75, 3.05) is 5.32 Å². The highest BCUT2D eigenvalue weighted by atomic mass is 79.9. The van der Waals surface area contributed by atoms with Gasteiger partial charge in [0.25, 0.3) is 0 Å². The SMILES string of the molecule is CCC(=O)Nc1ccc(Br)nc1CCl. The van der Waals surface area contributed by atoms with E-state index in [-0.39, 0.29) is 11.8 Å². The number of hydrogen-bond acceptors (Lipinski definition) is 2. The van der Waals surface area contributed by atoms with Gasteiger partial charge in [-0.2, -0.15) is 0 Å². The third-order valence-corrected chi connectivity index (χ3v) is 2.36. The molecule has 0 aliphatic heterocycles. The first-order valence-electron chi connectivity index (χ1n) is 4.18. The largest absolute Gasteiger partial charge is 0.324 e. The molecule has 1 aromatic rings. The Kier molecular flexibility index (Phi) is 4.35. The Balaban J connectivity index is 2.90. The van der Waals surface area contributed by atoms with Crippen molar-refractivity contribution in [1.29, 1.82) is 0 Å². The number of halogens is 2. The number of carbonyl (C=O) groups excluding carboxylic acids is 1. The first-order chi connectivity index (χ1) is 6.67. The predicted octanol–water partition coefficient (Wildman–Crippen LogP) is 2.93. The van der Waals surface area contributed by atoms with E-state index in [0.29, 0.717) is 22.4 Å². The van der Waals surface area contributed by atoms with Gasteiger partial charge in [-0.15, -0.1) is 11.6 Å². The Morgan fingerprint density at radius 1 is 1.64 bits per heavy atom. The van der Waals surface area contributed by atoms with Crippen LogP contribution in [0.4, 0.5) is 5.69 Å². The third-order valence-electron chi connectivity index (χ3n) is 1.66. The molecule has 0 radical (unpaired) electrons. The molecule has 0 fully saturated rings. The standard InChI is InChI=1S/C9H10BrClN2O/c1-2-9(14)13-6-3-4-8(10)12-7(6)5-11/h3-4H,2,5H2,1H3,(H,13,14). The van der Waals surface area contributed by atoms with E-state index >= 15 is 0 Å². The lowest BCUT2D eigenvalue weighted by molar-refractivity contribution is -0.115. The topological polar surface area (TPSA) is 42.0 Å². The van der Waals surface area contributed by atoms with Gasteiger partial charge in [0.15, 0.2) is 0 Å². The van der Waals surface area contributed by atoms with Gasteiger partial charge in [0.05, 0.1) is 17.3 Å². The maximum absolute atomic E-state index is 11.1. The average Bonchev–Trinajstić information content (AvgIpc) is 2.20. The van der Waals surface area contributed by atoms with Crippen LogP contribution in [0.3, 0.4) is 0 Å². The zero-order chi connectivity index (χ0) is 10.6. The molecule has 0 saturated carbocycles. The second kappa shape index (κ2) is 5.32. The number of anilines is 1. The first-order valence-corrected chi connectivity index (χ1v) is 5.51. The van der Waals surface area contributed by atoms with Crippen LogP contribution in [-0.2, 0) is 10.7 Å². The van der Waals surface area contributed by atoms with E-state index in [4.69, 9.17) is 11.6 Å². The van der Waals surface area contributed by atoms with Crippen molar-refractivity contribution in [1.82, 2.24) is 4.98 Å². The average molecular weight is 278 g/mol. The first kappa shape index (κ1) is 11.5. The highest BCUT2D eigenvalue weighted by molar-refractivity contribution is 9.10. The van der Waals surface area contributed by atoms with Gasteiger partial charge < -0.3 is 5.32 Å². The fourth-order valence-electron chi connectivity index (χ4n) is 0.929. The fourth-order valence-corrected chi connectivity index (χ4v) is 1.48. The molecular weight excluding hydrogens is 267 g/mol. The summed E-state index contributed by atoms with van der Waals surface area (Å²) in [6.45, 7) is 1.79. The van der Waals surface area contributed by atoms with Gasteiger partial charge in [-0.1, -0.05) is 6.92 Å². The summed E-state index contributed by atoms with van der Waals surface area (Å²) in [6.07, 6.45) is 0.442. The van der Waals surface area contributed by atoms with Crippen molar-refractivity contribution in [3.63, 3.8) is 0 Å². The molecule has 76 valence electrons. The number of pyridine rings is 1. The summed E-state index contributed by atoms with van der Waals surface area (Å²) >= 11 is 8.93. The van der Waals surface area contributed by atoms with Crippen LogP contribution in [0.25, 0.3) is 0 Å². The van der Waals surface area contributed by atoms with Crippen LogP contribution in [0.2, 0.25) is 0 Å². The van der Waals surface area contributed by atoms with Crippen LogP contribution in [0.1, 0.15) is 19.0 Å². The van der Waals surface area contributed by atoms with E-state index in [1.807, 2.05) is 0 Å². The van der Waals surface area contributed by atoms with E-state index in [9.17, 15) is 4.79 Å². The number of hydrogen-bond donors (Lipinski definition) is 1. The van der Waals surface area contributed by atoms with Crippen LogP contribution in [0.5, 0.6) is 0 Å². The molecule has 1 N–H and O–H groups in total. The zero-order valence-electron chi connectivity index (χ0n) is 7.68. The Hall–Kier alpha value is -0.610. The monoisotopic (exact) mass is 276 g/mol. The van der Waals surface area contributed by atoms with Gasteiger partial charge in [-0.25, -0.2) is 4.98 Å². The zero-order valence-corrected chi connectivity index (χ0v) is 10.0. The quantitative estimate of drug-likeness (QED) is 0.682. The molecule has 0 saturated heterocycles. The number of nitrogens with zero attached hydrogens (tertiary/aromatic N) is 1. The molecule has 0 aliphatic carbocycles. The molecule has 0 unspecified atom stereocenters.